The second-order valence-corrected chi connectivity index (χ2v) is 20.4. The van der Waals surface area contributed by atoms with Crippen molar-refractivity contribution in [1.82, 2.24) is 0 Å². The maximum atomic E-state index is 7.23. The summed E-state index contributed by atoms with van der Waals surface area (Å²) in [6.45, 7) is 0. The van der Waals surface area contributed by atoms with Crippen molar-refractivity contribution in [3.63, 3.8) is 0 Å². The molecule has 0 aliphatic carbocycles. The van der Waals surface area contributed by atoms with E-state index >= 15 is 0 Å². The molecule has 370 valence electrons. The third-order valence-corrected chi connectivity index (χ3v) is 15.8. The van der Waals surface area contributed by atoms with Gasteiger partial charge in [0.15, 0.2) is 5.58 Å². The molecule has 0 aliphatic rings. The Kier molecular flexibility index (Phi) is 11.2. The number of benzene rings is 14. The third-order valence-electron chi connectivity index (χ3n) is 15.8. The van der Waals surface area contributed by atoms with Crippen LogP contribution in [0.15, 0.2) is 308 Å². The minimum Gasteiger partial charge on any atom is -0.454 e. The molecule has 0 amide bonds. The molecule has 1 aromatic heterocycles. The van der Waals surface area contributed by atoms with Crippen LogP contribution in [-0.4, -0.2) is 0 Å². The molecule has 3 nitrogen and oxygen atoms in total. The monoisotopic (exact) mass is 1010 g/mol. The van der Waals surface area contributed by atoms with Crippen LogP contribution in [0, 0.1) is 0 Å². The zero-order valence-corrected chi connectivity index (χ0v) is 43.2. The van der Waals surface area contributed by atoms with E-state index in [0.29, 0.717) is 0 Å². The normalized spacial score (nSPS) is 11.5. The van der Waals surface area contributed by atoms with Crippen molar-refractivity contribution in [2.45, 2.75) is 0 Å². The maximum absolute atomic E-state index is 7.23. The Morgan fingerprint density at radius 1 is 0.241 bits per heavy atom. The molecule has 15 aromatic rings. The number of hydrogen-bond donors (Lipinski definition) is 0. The molecule has 0 aliphatic heterocycles. The van der Waals surface area contributed by atoms with Crippen LogP contribution in [0.4, 0.5) is 34.1 Å². The van der Waals surface area contributed by atoms with Gasteiger partial charge in [0.1, 0.15) is 5.58 Å². The molecule has 0 bridgehead atoms. The van der Waals surface area contributed by atoms with Crippen molar-refractivity contribution in [1.29, 1.82) is 0 Å². The summed E-state index contributed by atoms with van der Waals surface area (Å²) in [5.74, 6) is 0. The van der Waals surface area contributed by atoms with Crippen LogP contribution in [0.25, 0.3) is 110 Å². The van der Waals surface area contributed by atoms with Gasteiger partial charge in [-0.05, 0) is 137 Å². The van der Waals surface area contributed by atoms with E-state index in [-0.39, 0.29) is 0 Å². The van der Waals surface area contributed by atoms with Gasteiger partial charge in [0.2, 0.25) is 0 Å². The number of furan rings is 1. The highest BCUT2D eigenvalue weighted by Crippen LogP contribution is 2.52. The second-order valence-electron chi connectivity index (χ2n) is 20.4. The molecule has 0 spiro atoms. The van der Waals surface area contributed by atoms with Crippen molar-refractivity contribution in [3.8, 4) is 44.5 Å². The first-order chi connectivity index (χ1) is 39.2. The number of rotatable bonds is 10. The second kappa shape index (κ2) is 19.3. The smallest absolute Gasteiger partial charge is 0.160 e. The zero-order valence-electron chi connectivity index (χ0n) is 43.2. The summed E-state index contributed by atoms with van der Waals surface area (Å²) in [6, 6.07) is 110. The molecular formula is C76H50N2O. The number of hydrogen-bond acceptors (Lipinski definition) is 3. The molecule has 3 heteroatoms. The van der Waals surface area contributed by atoms with Crippen LogP contribution in [-0.2, 0) is 0 Å². The Bertz CT molecular complexity index is 4580. The highest BCUT2D eigenvalue weighted by Gasteiger charge is 2.27. The number of fused-ring (bicyclic) bond motifs is 9. The van der Waals surface area contributed by atoms with Gasteiger partial charge >= 0.3 is 0 Å². The predicted molar refractivity (Wildman–Crippen MR) is 335 cm³/mol. The van der Waals surface area contributed by atoms with E-state index in [9.17, 15) is 0 Å². The van der Waals surface area contributed by atoms with Crippen LogP contribution < -0.4 is 9.80 Å². The summed E-state index contributed by atoms with van der Waals surface area (Å²) in [4.78, 5) is 4.83. The maximum Gasteiger partial charge on any atom is 0.160 e. The van der Waals surface area contributed by atoms with E-state index in [4.69, 9.17) is 4.42 Å². The Balaban J connectivity index is 0.928. The van der Waals surface area contributed by atoms with Crippen LogP contribution in [0.3, 0.4) is 0 Å². The fourth-order valence-corrected chi connectivity index (χ4v) is 12.1. The lowest BCUT2D eigenvalue weighted by atomic mass is 9.89. The van der Waals surface area contributed by atoms with Crippen molar-refractivity contribution < 1.29 is 4.42 Å². The summed E-state index contributed by atoms with van der Waals surface area (Å²) < 4.78 is 7.23. The molecule has 0 unspecified atom stereocenters. The van der Waals surface area contributed by atoms with E-state index in [1.807, 2.05) is 0 Å². The molecule has 79 heavy (non-hydrogen) atoms. The van der Waals surface area contributed by atoms with E-state index in [2.05, 4.69) is 313 Å². The average Bonchev–Trinajstić information content (AvgIpc) is 4.11. The molecule has 0 saturated carbocycles. The zero-order chi connectivity index (χ0) is 52.2. The summed E-state index contributed by atoms with van der Waals surface area (Å²) >= 11 is 0. The minimum absolute atomic E-state index is 0.846. The van der Waals surface area contributed by atoms with Crippen molar-refractivity contribution in [2.24, 2.45) is 0 Å². The van der Waals surface area contributed by atoms with Gasteiger partial charge in [-0.2, -0.15) is 0 Å². The van der Waals surface area contributed by atoms with Crippen molar-refractivity contribution >= 4 is 99.2 Å². The van der Waals surface area contributed by atoms with E-state index < -0.39 is 0 Å². The fraction of sp³-hybridized carbons (Fsp3) is 0. The van der Waals surface area contributed by atoms with Crippen LogP contribution in [0.2, 0.25) is 0 Å². The first kappa shape index (κ1) is 45.9. The highest BCUT2D eigenvalue weighted by atomic mass is 16.3. The quantitative estimate of drug-likeness (QED) is 0.127. The van der Waals surface area contributed by atoms with E-state index in [1.54, 1.807) is 0 Å². The summed E-state index contributed by atoms with van der Waals surface area (Å²) in [5.41, 5.74) is 17.4. The van der Waals surface area contributed by atoms with Crippen LogP contribution in [0.1, 0.15) is 0 Å². The SMILES string of the molecule is c1ccc(-c2ccc(N(c3ccc(-c4ccccc4)cc3)c3ccc(-c4c5ccccc5c(N(c5ccc(-c6ccccc6)cc5)c5cc6ccccc6c6c5oc5ccc7ccccc7c56)c5ccccc45)cc3)cc2)cc1. The van der Waals surface area contributed by atoms with Gasteiger partial charge in [-0.25, -0.2) is 0 Å². The average molecular weight is 1010 g/mol. The number of nitrogens with zero attached hydrogens (tertiary/aromatic N) is 2. The van der Waals surface area contributed by atoms with Gasteiger partial charge in [-0.1, -0.05) is 243 Å². The highest BCUT2D eigenvalue weighted by molar-refractivity contribution is 6.30. The van der Waals surface area contributed by atoms with Gasteiger partial charge in [0.05, 0.1) is 11.4 Å². The van der Waals surface area contributed by atoms with Crippen molar-refractivity contribution in [2.75, 3.05) is 9.80 Å². The van der Waals surface area contributed by atoms with Gasteiger partial charge < -0.3 is 14.2 Å². The molecule has 0 atom stereocenters. The number of anilines is 6. The first-order valence-corrected chi connectivity index (χ1v) is 27.1. The molecule has 0 N–H and O–H groups in total. The molecule has 15 rings (SSSR count). The molecule has 0 saturated heterocycles. The Morgan fingerprint density at radius 2 is 0.595 bits per heavy atom. The molecule has 1 heterocycles. The van der Waals surface area contributed by atoms with E-state index in [1.165, 1.54) is 44.2 Å². The Morgan fingerprint density at radius 3 is 1.06 bits per heavy atom. The fourth-order valence-electron chi connectivity index (χ4n) is 12.1. The topological polar surface area (TPSA) is 19.6 Å². The summed E-state index contributed by atoms with van der Waals surface area (Å²) in [5, 5.41) is 11.5. The lowest BCUT2D eigenvalue weighted by molar-refractivity contribution is 0.669. The molecule has 14 aromatic carbocycles. The van der Waals surface area contributed by atoms with Gasteiger partial charge in [-0.15, -0.1) is 0 Å². The van der Waals surface area contributed by atoms with Gasteiger partial charge in [0.25, 0.3) is 0 Å². The van der Waals surface area contributed by atoms with Crippen LogP contribution in [0.5, 0.6) is 0 Å². The predicted octanol–water partition coefficient (Wildman–Crippen LogP) is 21.8. The standard InChI is InChI=1S/C76H50N2O/c1-4-18-51(19-5-1)54-32-41-60(42-33-54)77(61-43-34-55(35-44-61)52-20-6-2-7-21-52)62-47-38-58(39-48-62)72-66-28-14-16-30-68(66)75(69-31-17-15-29-67(69)72)78(63-45-36-56(37-46-63)53-22-8-3-9-23-53)70-50-59-25-11-13-27-65(59)74-73-64-26-12-10-24-57(64)40-49-71(73)79-76(70)74/h1-50H. The van der Waals surface area contributed by atoms with Gasteiger partial charge in [0, 0.05) is 44.3 Å². The van der Waals surface area contributed by atoms with Crippen LogP contribution >= 0.6 is 0 Å². The first-order valence-electron chi connectivity index (χ1n) is 27.1. The lowest BCUT2D eigenvalue weighted by Gasteiger charge is -2.30. The minimum atomic E-state index is 0.846. The third kappa shape index (κ3) is 7.99. The molecule has 0 fully saturated rings. The lowest BCUT2D eigenvalue weighted by Crippen LogP contribution is -2.12. The van der Waals surface area contributed by atoms with Crippen molar-refractivity contribution in [3.05, 3.63) is 303 Å². The summed E-state index contributed by atoms with van der Waals surface area (Å²) in [7, 11) is 0. The van der Waals surface area contributed by atoms with Gasteiger partial charge in [-0.3, -0.25) is 0 Å². The van der Waals surface area contributed by atoms with E-state index in [0.717, 1.165) is 99.5 Å². The molecular weight excluding hydrogens is 957 g/mol. The largest absolute Gasteiger partial charge is 0.454 e. The Labute approximate surface area is 458 Å². The Hall–Kier alpha value is -10.5. The summed E-state index contributed by atoms with van der Waals surface area (Å²) in [6.07, 6.45) is 0. The molecule has 0 radical (unpaired) electrons.